The van der Waals surface area contributed by atoms with Crippen molar-refractivity contribution in [3.63, 3.8) is 0 Å². The summed E-state index contributed by atoms with van der Waals surface area (Å²) in [5, 5.41) is 7.05. The van der Waals surface area contributed by atoms with Gasteiger partial charge in [-0.25, -0.2) is 4.39 Å². The number of para-hydroxylation sites is 1. The zero-order valence-electron chi connectivity index (χ0n) is 15.5. The van der Waals surface area contributed by atoms with Crippen molar-refractivity contribution in [2.45, 2.75) is 19.7 Å². The van der Waals surface area contributed by atoms with Crippen molar-refractivity contribution in [3.8, 4) is 5.75 Å². The number of ether oxygens (including phenoxy) is 1. The van der Waals surface area contributed by atoms with Crippen molar-refractivity contribution in [2.75, 3.05) is 7.05 Å². The van der Waals surface area contributed by atoms with Crippen molar-refractivity contribution in [1.82, 2.24) is 15.6 Å². The first-order valence-corrected chi connectivity index (χ1v) is 8.58. The van der Waals surface area contributed by atoms with Gasteiger partial charge in [-0.05, 0) is 29.8 Å². The average Bonchev–Trinajstić information content (AvgIpc) is 2.69. The third kappa shape index (κ3) is 5.96. The number of benzene rings is 2. The van der Waals surface area contributed by atoms with Gasteiger partial charge in [0.1, 0.15) is 11.6 Å². The number of hydrogen-bond acceptors (Lipinski definition) is 3. The molecule has 0 amide bonds. The van der Waals surface area contributed by atoms with E-state index in [2.05, 4.69) is 25.3 Å². The van der Waals surface area contributed by atoms with Gasteiger partial charge in [-0.3, -0.25) is 9.98 Å². The van der Waals surface area contributed by atoms with Crippen LogP contribution in [0.1, 0.15) is 11.1 Å². The monoisotopic (exact) mass is 516 g/mol. The van der Waals surface area contributed by atoms with Crippen LogP contribution in [0.2, 0.25) is 0 Å². The molecule has 0 saturated carbocycles. The molecule has 154 valence electrons. The highest BCUT2D eigenvalue weighted by Crippen LogP contribution is 2.23. The predicted molar refractivity (Wildman–Crippen MR) is 117 cm³/mol. The van der Waals surface area contributed by atoms with Crippen molar-refractivity contribution >= 4 is 40.8 Å². The second kappa shape index (κ2) is 10.8. The Balaban J connectivity index is 0.00000300. The SMILES string of the molecule is CN=C(NCc1c(F)cccc1OC(F)F)NCc1ccnc2ccccc12.I. The average molecular weight is 516 g/mol. The topological polar surface area (TPSA) is 58.5 Å². The lowest BCUT2D eigenvalue weighted by Crippen LogP contribution is -2.36. The van der Waals surface area contributed by atoms with E-state index in [4.69, 9.17) is 0 Å². The second-order valence-electron chi connectivity index (χ2n) is 5.86. The Bertz CT molecular complexity index is 980. The van der Waals surface area contributed by atoms with E-state index in [0.717, 1.165) is 16.5 Å². The zero-order valence-corrected chi connectivity index (χ0v) is 17.9. The molecule has 0 saturated heterocycles. The summed E-state index contributed by atoms with van der Waals surface area (Å²) in [6, 6.07) is 13.5. The molecule has 0 aliphatic rings. The van der Waals surface area contributed by atoms with Crippen molar-refractivity contribution in [1.29, 1.82) is 0 Å². The fourth-order valence-electron chi connectivity index (χ4n) is 2.80. The number of guanidine groups is 1. The van der Waals surface area contributed by atoms with E-state index in [1.807, 2.05) is 30.3 Å². The molecular weight excluding hydrogens is 496 g/mol. The molecule has 9 heteroatoms. The summed E-state index contributed by atoms with van der Waals surface area (Å²) >= 11 is 0. The summed E-state index contributed by atoms with van der Waals surface area (Å²) in [6.07, 6.45) is 1.73. The summed E-state index contributed by atoms with van der Waals surface area (Å²) < 4.78 is 43.5. The first kappa shape index (κ1) is 22.7. The third-order valence-electron chi connectivity index (χ3n) is 4.13. The van der Waals surface area contributed by atoms with Crippen LogP contribution in [0.3, 0.4) is 0 Å². The maximum Gasteiger partial charge on any atom is 0.387 e. The maximum absolute atomic E-state index is 14.0. The normalized spacial score (nSPS) is 11.3. The van der Waals surface area contributed by atoms with E-state index in [1.165, 1.54) is 18.2 Å². The highest BCUT2D eigenvalue weighted by Gasteiger charge is 2.14. The van der Waals surface area contributed by atoms with Gasteiger partial charge in [0.15, 0.2) is 5.96 Å². The molecule has 3 aromatic rings. The van der Waals surface area contributed by atoms with E-state index < -0.39 is 12.4 Å². The number of pyridine rings is 1. The summed E-state index contributed by atoms with van der Waals surface area (Å²) in [5.74, 6) is -0.452. The zero-order chi connectivity index (χ0) is 19.9. The molecule has 0 aliphatic heterocycles. The molecule has 1 heterocycles. The summed E-state index contributed by atoms with van der Waals surface area (Å²) in [7, 11) is 1.57. The van der Waals surface area contributed by atoms with Gasteiger partial charge in [-0.2, -0.15) is 8.78 Å². The summed E-state index contributed by atoms with van der Waals surface area (Å²) in [5.41, 5.74) is 1.89. The number of alkyl halides is 2. The quantitative estimate of drug-likeness (QED) is 0.289. The van der Waals surface area contributed by atoms with Gasteiger partial charge in [0.2, 0.25) is 0 Å². The Kier molecular flexibility index (Phi) is 8.50. The van der Waals surface area contributed by atoms with Gasteiger partial charge in [0.05, 0.1) is 5.52 Å². The third-order valence-corrected chi connectivity index (χ3v) is 4.13. The fourth-order valence-corrected chi connectivity index (χ4v) is 2.80. The first-order valence-electron chi connectivity index (χ1n) is 8.58. The fraction of sp³-hybridized carbons (Fsp3) is 0.200. The molecule has 5 nitrogen and oxygen atoms in total. The lowest BCUT2D eigenvalue weighted by Gasteiger charge is -2.15. The smallest absolute Gasteiger partial charge is 0.387 e. The summed E-state index contributed by atoms with van der Waals surface area (Å²) in [6.45, 7) is -2.63. The summed E-state index contributed by atoms with van der Waals surface area (Å²) in [4.78, 5) is 8.40. The van der Waals surface area contributed by atoms with Crippen LogP contribution in [0.25, 0.3) is 10.9 Å². The van der Waals surface area contributed by atoms with E-state index in [0.29, 0.717) is 12.5 Å². The minimum absolute atomic E-state index is 0. The first-order chi connectivity index (χ1) is 13.6. The van der Waals surface area contributed by atoms with Gasteiger partial charge in [-0.15, -0.1) is 24.0 Å². The van der Waals surface area contributed by atoms with Gasteiger partial charge >= 0.3 is 6.61 Å². The van der Waals surface area contributed by atoms with Crippen LogP contribution < -0.4 is 15.4 Å². The van der Waals surface area contributed by atoms with Crippen LogP contribution in [0, 0.1) is 5.82 Å². The number of halogens is 4. The molecule has 0 aliphatic carbocycles. The number of rotatable bonds is 6. The predicted octanol–water partition coefficient (Wildman–Crippen LogP) is 4.46. The molecule has 0 fully saturated rings. The molecule has 0 radical (unpaired) electrons. The van der Waals surface area contributed by atoms with Gasteiger partial charge in [0.25, 0.3) is 0 Å². The molecule has 1 aromatic heterocycles. The standard InChI is InChI=1S/C20H19F3N4O.HI/c1-24-20(26-11-13-9-10-25-17-7-3-2-5-14(13)17)27-12-15-16(21)6-4-8-18(15)28-19(22)23;/h2-10,19H,11-12H2,1H3,(H2,24,26,27);1H. The molecule has 0 spiro atoms. The van der Waals surface area contributed by atoms with Crippen molar-refractivity contribution < 1.29 is 17.9 Å². The van der Waals surface area contributed by atoms with E-state index in [9.17, 15) is 13.2 Å². The number of nitrogens with zero attached hydrogens (tertiary/aromatic N) is 2. The van der Waals surface area contributed by atoms with Gasteiger partial charge in [-0.1, -0.05) is 24.3 Å². The molecular formula is C20H20F3IN4O. The lowest BCUT2D eigenvalue weighted by molar-refractivity contribution is -0.0506. The van der Waals surface area contributed by atoms with E-state index in [1.54, 1.807) is 13.2 Å². The van der Waals surface area contributed by atoms with Crippen LogP contribution in [0.4, 0.5) is 13.2 Å². The number of aromatic nitrogens is 1. The van der Waals surface area contributed by atoms with Crippen LogP contribution in [-0.4, -0.2) is 24.6 Å². The van der Waals surface area contributed by atoms with Crippen LogP contribution in [0.5, 0.6) is 5.75 Å². The Morgan fingerprint density at radius 3 is 2.59 bits per heavy atom. The highest BCUT2D eigenvalue weighted by molar-refractivity contribution is 14.0. The highest BCUT2D eigenvalue weighted by atomic mass is 127. The number of fused-ring (bicyclic) bond motifs is 1. The molecule has 0 unspecified atom stereocenters. The molecule has 3 rings (SSSR count). The molecule has 2 N–H and O–H groups in total. The molecule has 2 aromatic carbocycles. The number of nitrogens with one attached hydrogen (secondary N) is 2. The van der Waals surface area contributed by atoms with E-state index >= 15 is 0 Å². The van der Waals surface area contributed by atoms with E-state index in [-0.39, 0.29) is 41.8 Å². The lowest BCUT2D eigenvalue weighted by atomic mass is 10.1. The van der Waals surface area contributed by atoms with Gasteiger partial charge < -0.3 is 15.4 Å². The second-order valence-corrected chi connectivity index (χ2v) is 5.86. The molecule has 0 bridgehead atoms. The minimum atomic E-state index is -3.03. The van der Waals surface area contributed by atoms with Crippen LogP contribution >= 0.6 is 24.0 Å². The Hall–Kier alpha value is -2.56. The number of aliphatic imine (C=N–C) groups is 1. The Labute approximate surface area is 183 Å². The minimum Gasteiger partial charge on any atom is -0.434 e. The molecule has 0 atom stereocenters. The molecule has 29 heavy (non-hydrogen) atoms. The number of hydrogen-bond donors (Lipinski definition) is 2. The Morgan fingerprint density at radius 2 is 1.83 bits per heavy atom. The Morgan fingerprint density at radius 1 is 1.07 bits per heavy atom. The van der Waals surface area contributed by atoms with Crippen molar-refractivity contribution in [2.24, 2.45) is 4.99 Å². The van der Waals surface area contributed by atoms with Gasteiger partial charge in [0, 0.05) is 37.3 Å². The van der Waals surface area contributed by atoms with Crippen molar-refractivity contribution in [3.05, 3.63) is 71.7 Å². The van der Waals surface area contributed by atoms with Crippen LogP contribution in [0.15, 0.2) is 59.7 Å². The largest absolute Gasteiger partial charge is 0.434 e. The maximum atomic E-state index is 14.0. The van der Waals surface area contributed by atoms with Crippen LogP contribution in [-0.2, 0) is 13.1 Å².